The van der Waals surface area contributed by atoms with Crippen LogP contribution >= 0.6 is 0 Å². The molecule has 1 unspecified atom stereocenters. The number of aliphatic carboxylic acids is 1. The number of nitrogens with zero attached hydrogens (tertiary/aromatic N) is 2. The first-order valence-electron chi connectivity index (χ1n) is 6.12. The number of hydrogen-bond acceptors (Lipinski definition) is 3. The molecule has 0 saturated carbocycles. The number of benzene rings is 1. The Bertz CT molecular complexity index is 623. The highest BCUT2D eigenvalue weighted by atomic mass is 16.4. The summed E-state index contributed by atoms with van der Waals surface area (Å²) in [7, 11) is 0. The number of aromatic nitrogens is 2. The molecule has 1 aromatic heterocycles. The molecule has 19 heavy (non-hydrogen) atoms. The number of carbonyl (C=O) groups is 1. The second kappa shape index (κ2) is 5.18. The minimum absolute atomic E-state index is 0.338. The zero-order valence-electron chi connectivity index (χ0n) is 11.2. The molecule has 1 heterocycles. The molecule has 4 heteroatoms. The Hall–Kier alpha value is -2.23. The van der Waals surface area contributed by atoms with E-state index < -0.39 is 11.9 Å². The second-order valence-electron chi connectivity index (χ2n) is 4.68. The van der Waals surface area contributed by atoms with Crippen LogP contribution in [0.25, 0.3) is 11.3 Å². The topological polar surface area (TPSA) is 63.1 Å². The van der Waals surface area contributed by atoms with Crippen LogP contribution in [0.15, 0.2) is 30.5 Å². The number of aryl methyl sites for hydroxylation is 2. The van der Waals surface area contributed by atoms with Crippen LogP contribution in [0.4, 0.5) is 0 Å². The van der Waals surface area contributed by atoms with Crippen molar-refractivity contribution < 1.29 is 9.90 Å². The number of carboxylic acid groups (broad SMARTS) is 1. The summed E-state index contributed by atoms with van der Waals surface area (Å²) in [5.74, 6) is -1.28. The maximum atomic E-state index is 11.0. The average Bonchev–Trinajstić information content (AvgIpc) is 2.38. The van der Waals surface area contributed by atoms with E-state index in [0.717, 1.165) is 16.8 Å². The zero-order chi connectivity index (χ0) is 14.0. The first-order valence-corrected chi connectivity index (χ1v) is 6.12. The molecule has 0 aliphatic heterocycles. The molecule has 0 spiro atoms. The molecule has 2 rings (SSSR count). The van der Waals surface area contributed by atoms with Gasteiger partial charge in [0.25, 0.3) is 0 Å². The van der Waals surface area contributed by atoms with Crippen LogP contribution in [0.2, 0.25) is 0 Å². The van der Waals surface area contributed by atoms with Gasteiger partial charge in [-0.05, 0) is 32.4 Å². The summed E-state index contributed by atoms with van der Waals surface area (Å²) >= 11 is 0. The maximum absolute atomic E-state index is 11.0. The summed E-state index contributed by atoms with van der Waals surface area (Å²) in [6.07, 6.45) is 1.61. The van der Waals surface area contributed by atoms with Crippen LogP contribution in [-0.2, 0) is 4.79 Å². The molecule has 1 aromatic carbocycles. The molecule has 0 radical (unpaired) electrons. The van der Waals surface area contributed by atoms with Crippen molar-refractivity contribution in [2.24, 2.45) is 0 Å². The van der Waals surface area contributed by atoms with E-state index in [1.54, 1.807) is 19.2 Å². The fourth-order valence-corrected chi connectivity index (χ4v) is 1.94. The van der Waals surface area contributed by atoms with Crippen LogP contribution in [0.5, 0.6) is 0 Å². The molecule has 2 aromatic rings. The van der Waals surface area contributed by atoms with Crippen molar-refractivity contribution >= 4 is 5.97 Å². The van der Waals surface area contributed by atoms with Gasteiger partial charge in [-0.3, -0.25) is 4.79 Å². The summed E-state index contributed by atoms with van der Waals surface area (Å²) in [4.78, 5) is 19.4. The lowest BCUT2D eigenvalue weighted by Gasteiger charge is -2.09. The largest absolute Gasteiger partial charge is 0.481 e. The highest BCUT2D eigenvalue weighted by Crippen LogP contribution is 2.23. The Morgan fingerprint density at radius 1 is 1.26 bits per heavy atom. The summed E-state index contributed by atoms with van der Waals surface area (Å²) < 4.78 is 0. The lowest BCUT2D eigenvalue weighted by Crippen LogP contribution is -2.11. The Balaban J connectivity index is 2.46. The first-order chi connectivity index (χ1) is 8.99. The van der Waals surface area contributed by atoms with Crippen molar-refractivity contribution in [2.75, 3.05) is 0 Å². The number of rotatable bonds is 3. The number of hydrogen-bond donors (Lipinski definition) is 1. The normalized spacial score (nSPS) is 12.2. The summed E-state index contributed by atoms with van der Waals surface area (Å²) in [5.41, 5.74) is 4.07. The quantitative estimate of drug-likeness (QED) is 0.917. The fraction of sp³-hybridized carbons (Fsp3) is 0.267. The molecule has 1 N–H and O–H groups in total. The molecule has 98 valence electrons. The van der Waals surface area contributed by atoms with E-state index in [9.17, 15) is 4.79 Å². The van der Waals surface area contributed by atoms with Crippen LogP contribution in [0.3, 0.4) is 0 Å². The Labute approximate surface area is 112 Å². The molecule has 4 nitrogen and oxygen atoms in total. The molecule has 0 saturated heterocycles. The number of carboxylic acids is 1. The van der Waals surface area contributed by atoms with Gasteiger partial charge >= 0.3 is 5.97 Å². The molecule has 0 amide bonds. The second-order valence-corrected chi connectivity index (χ2v) is 4.68. The van der Waals surface area contributed by atoms with Crippen LogP contribution < -0.4 is 0 Å². The minimum atomic E-state index is -0.919. The van der Waals surface area contributed by atoms with Gasteiger partial charge in [-0.15, -0.1) is 0 Å². The summed E-state index contributed by atoms with van der Waals surface area (Å²) in [5, 5.41) is 9.01. The third-order valence-electron chi connectivity index (χ3n) is 3.09. The van der Waals surface area contributed by atoms with Crippen molar-refractivity contribution in [3.05, 3.63) is 47.4 Å². The Kier molecular flexibility index (Phi) is 3.60. The van der Waals surface area contributed by atoms with Gasteiger partial charge in [0.15, 0.2) is 0 Å². The van der Waals surface area contributed by atoms with Crippen molar-refractivity contribution in [3.8, 4) is 11.3 Å². The summed E-state index contributed by atoms with van der Waals surface area (Å²) in [6, 6.07) is 7.90. The van der Waals surface area contributed by atoms with E-state index in [0.29, 0.717) is 5.82 Å². The van der Waals surface area contributed by atoms with Gasteiger partial charge < -0.3 is 5.11 Å². The van der Waals surface area contributed by atoms with E-state index in [4.69, 9.17) is 5.11 Å². The smallest absolute Gasteiger partial charge is 0.313 e. The van der Waals surface area contributed by atoms with Crippen molar-refractivity contribution in [2.45, 2.75) is 26.7 Å². The molecular weight excluding hydrogens is 240 g/mol. The standard InChI is InChI=1S/C15H16N2O2/c1-9-4-5-12(10(2)8-9)13-6-7-16-14(17-13)11(3)15(18)19/h4-8,11H,1-3H3,(H,18,19). The van der Waals surface area contributed by atoms with Crippen molar-refractivity contribution in [3.63, 3.8) is 0 Å². The van der Waals surface area contributed by atoms with Crippen molar-refractivity contribution in [1.29, 1.82) is 0 Å². The monoisotopic (exact) mass is 256 g/mol. The van der Waals surface area contributed by atoms with E-state index >= 15 is 0 Å². The third kappa shape index (κ3) is 2.78. The van der Waals surface area contributed by atoms with Crippen molar-refractivity contribution in [1.82, 2.24) is 9.97 Å². The maximum Gasteiger partial charge on any atom is 0.313 e. The molecule has 0 aliphatic rings. The summed E-state index contributed by atoms with van der Waals surface area (Å²) in [6.45, 7) is 5.64. The van der Waals surface area contributed by atoms with E-state index in [1.165, 1.54) is 5.56 Å². The van der Waals surface area contributed by atoms with Crippen LogP contribution in [-0.4, -0.2) is 21.0 Å². The average molecular weight is 256 g/mol. The Morgan fingerprint density at radius 3 is 2.63 bits per heavy atom. The van der Waals surface area contributed by atoms with E-state index in [1.807, 2.05) is 26.0 Å². The lowest BCUT2D eigenvalue weighted by molar-refractivity contribution is -0.138. The predicted molar refractivity (Wildman–Crippen MR) is 73.0 cm³/mol. The SMILES string of the molecule is Cc1ccc(-c2ccnc(C(C)C(=O)O)n2)c(C)c1. The van der Waals surface area contributed by atoms with Gasteiger partial charge in [0.05, 0.1) is 5.69 Å². The van der Waals surface area contributed by atoms with Gasteiger partial charge in [-0.2, -0.15) is 0 Å². The van der Waals surface area contributed by atoms with Gasteiger partial charge in [-0.25, -0.2) is 9.97 Å². The van der Waals surface area contributed by atoms with Crippen LogP contribution in [0, 0.1) is 13.8 Å². The highest BCUT2D eigenvalue weighted by molar-refractivity contribution is 5.74. The van der Waals surface area contributed by atoms with Gasteiger partial charge in [0, 0.05) is 11.8 Å². The highest BCUT2D eigenvalue weighted by Gasteiger charge is 2.17. The van der Waals surface area contributed by atoms with E-state index in [2.05, 4.69) is 16.0 Å². The zero-order valence-corrected chi connectivity index (χ0v) is 11.2. The van der Waals surface area contributed by atoms with Crippen LogP contribution in [0.1, 0.15) is 29.8 Å². The molecule has 0 bridgehead atoms. The van der Waals surface area contributed by atoms with Gasteiger partial charge in [-0.1, -0.05) is 23.8 Å². The molecule has 0 aliphatic carbocycles. The molecule has 0 fully saturated rings. The van der Waals surface area contributed by atoms with Gasteiger partial charge in [0.2, 0.25) is 0 Å². The fourth-order valence-electron chi connectivity index (χ4n) is 1.94. The lowest BCUT2D eigenvalue weighted by atomic mass is 10.0. The predicted octanol–water partition coefficient (Wildman–Crippen LogP) is 2.95. The minimum Gasteiger partial charge on any atom is -0.481 e. The molecular formula is C15H16N2O2. The molecule has 1 atom stereocenters. The first kappa shape index (κ1) is 13.2. The van der Waals surface area contributed by atoms with Gasteiger partial charge in [0.1, 0.15) is 11.7 Å². The van der Waals surface area contributed by atoms with E-state index in [-0.39, 0.29) is 0 Å². The Morgan fingerprint density at radius 2 is 2.00 bits per heavy atom. The third-order valence-corrected chi connectivity index (χ3v) is 3.09.